The molecule has 0 aliphatic heterocycles. The summed E-state index contributed by atoms with van der Waals surface area (Å²) in [6.07, 6.45) is 2.64. The molecule has 0 saturated heterocycles. The van der Waals surface area contributed by atoms with E-state index in [1.807, 2.05) is 12.1 Å². The van der Waals surface area contributed by atoms with Gasteiger partial charge in [0.25, 0.3) is 0 Å². The van der Waals surface area contributed by atoms with Crippen LogP contribution in [-0.2, 0) is 0 Å². The largest absolute Gasteiger partial charge is 0.459 e. The van der Waals surface area contributed by atoms with Crippen LogP contribution in [0.3, 0.4) is 0 Å². The van der Waals surface area contributed by atoms with Crippen LogP contribution in [0.5, 0.6) is 0 Å². The number of nitrogens with one attached hydrogen (secondary N) is 1. The van der Waals surface area contributed by atoms with Crippen LogP contribution < -0.4 is 5.32 Å². The van der Waals surface area contributed by atoms with E-state index in [-0.39, 0.29) is 6.04 Å². The van der Waals surface area contributed by atoms with Crippen molar-refractivity contribution in [2.75, 3.05) is 6.54 Å². The number of furan rings is 2. The minimum Gasteiger partial charge on any atom is -0.459 e. The summed E-state index contributed by atoms with van der Waals surface area (Å²) >= 11 is 6.14. The zero-order chi connectivity index (χ0) is 14.8. The van der Waals surface area contributed by atoms with Crippen LogP contribution in [0.4, 0.5) is 0 Å². The Balaban J connectivity index is 2.03. The molecular formula is C17H18ClNO2. The number of aryl methyl sites for hydroxylation is 1. The molecule has 0 bridgehead atoms. The Kier molecular flexibility index (Phi) is 4.04. The second kappa shape index (κ2) is 5.96. The van der Waals surface area contributed by atoms with E-state index in [1.54, 1.807) is 6.26 Å². The maximum Gasteiger partial charge on any atom is 0.198 e. The molecule has 0 aliphatic carbocycles. The molecule has 21 heavy (non-hydrogen) atoms. The number of fused-ring (bicyclic) bond motifs is 1. The second-order valence-electron chi connectivity index (χ2n) is 5.23. The molecule has 0 spiro atoms. The fourth-order valence-electron chi connectivity index (χ4n) is 2.49. The molecule has 1 atom stereocenters. The Morgan fingerprint density at radius 3 is 2.81 bits per heavy atom. The number of rotatable bonds is 5. The molecular weight excluding hydrogens is 286 g/mol. The van der Waals surface area contributed by atoms with Crippen LogP contribution in [0.15, 0.2) is 45.4 Å². The van der Waals surface area contributed by atoms with E-state index < -0.39 is 0 Å². The van der Waals surface area contributed by atoms with Gasteiger partial charge in [0.15, 0.2) is 5.22 Å². The lowest BCUT2D eigenvalue weighted by Crippen LogP contribution is -2.22. The Bertz CT molecular complexity index is 744. The van der Waals surface area contributed by atoms with Crippen LogP contribution in [0, 0.1) is 6.92 Å². The third-order valence-electron chi connectivity index (χ3n) is 3.53. The highest BCUT2D eigenvalue weighted by atomic mass is 35.5. The lowest BCUT2D eigenvalue weighted by Gasteiger charge is -2.14. The topological polar surface area (TPSA) is 38.3 Å². The maximum absolute atomic E-state index is 6.14. The van der Waals surface area contributed by atoms with Gasteiger partial charge in [0, 0.05) is 10.9 Å². The lowest BCUT2D eigenvalue weighted by molar-refractivity contribution is 0.465. The van der Waals surface area contributed by atoms with E-state index in [4.69, 9.17) is 20.4 Å². The number of hydrogen-bond acceptors (Lipinski definition) is 3. The SMILES string of the molecule is CCCNC(c1cc2cc(C)ccc2o1)c1ccoc1Cl. The Hall–Kier alpha value is -1.71. The predicted octanol–water partition coefficient (Wildman–Crippen LogP) is 5.08. The first-order valence-corrected chi connectivity index (χ1v) is 7.53. The molecule has 4 heteroatoms. The molecule has 0 saturated carbocycles. The van der Waals surface area contributed by atoms with Gasteiger partial charge in [-0.1, -0.05) is 18.6 Å². The quantitative estimate of drug-likeness (QED) is 0.714. The van der Waals surface area contributed by atoms with Crippen molar-refractivity contribution in [1.82, 2.24) is 5.32 Å². The first-order valence-electron chi connectivity index (χ1n) is 7.15. The standard InChI is InChI=1S/C17H18ClNO2/c1-3-7-19-16(13-6-8-20-17(13)18)15-10-12-9-11(2)4-5-14(12)21-15/h4-6,8-10,16,19H,3,7H2,1-2H3. The summed E-state index contributed by atoms with van der Waals surface area (Å²) < 4.78 is 11.2. The van der Waals surface area contributed by atoms with E-state index >= 15 is 0 Å². The van der Waals surface area contributed by atoms with E-state index in [2.05, 4.69) is 37.4 Å². The van der Waals surface area contributed by atoms with E-state index in [0.29, 0.717) is 5.22 Å². The molecule has 2 aromatic heterocycles. The molecule has 0 fully saturated rings. The van der Waals surface area contributed by atoms with Crippen LogP contribution in [0.25, 0.3) is 11.0 Å². The highest BCUT2D eigenvalue weighted by Crippen LogP contribution is 2.32. The molecule has 2 heterocycles. The third-order valence-corrected chi connectivity index (χ3v) is 3.84. The summed E-state index contributed by atoms with van der Waals surface area (Å²) in [6, 6.07) is 10.0. The normalized spacial score (nSPS) is 12.9. The molecule has 3 nitrogen and oxygen atoms in total. The van der Waals surface area contributed by atoms with Crippen molar-refractivity contribution in [2.45, 2.75) is 26.3 Å². The summed E-state index contributed by atoms with van der Waals surface area (Å²) in [6.45, 7) is 5.08. The Morgan fingerprint density at radius 2 is 2.10 bits per heavy atom. The van der Waals surface area contributed by atoms with Crippen molar-refractivity contribution in [3.05, 3.63) is 58.7 Å². The maximum atomic E-state index is 6.14. The lowest BCUT2D eigenvalue weighted by atomic mass is 10.1. The summed E-state index contributed by atoms with van der Waals surface area (Å²) in [5.41, 5.74) is 3.01. The average molecular weight is 304 g/mol. The van der Waals surface area contributed by atoms with Crippen molar-refractivity contribution in [1.29, 1.82) is 0 Å². The van der Waals surface area contributed by atoms with Gasteiger partial charge in [-0.25, -0.2) is 0 Å². The Labute approximate surface area is 128 Å². The fourth-order valence-corrected chi connectivity index (χ4v) is 2.71. The van der Waals surface area contributed by atoms with Crippen LogP contribution >= 0.6 is 11.6 Å². The van der Waals surface area contributed by atoms with E-state index in [9.17, 15) is 0 Å². The fraction of sp³-hybridized carbons (Fsp3) is 0.294. The van der Waals surface area contributed by atoms with Crippen molar-refractivity contribution in [3.8, 4) is 0 Å². The number of benzene rings is 1. The summed E-state index contributed by atoms with van der Waals surface area (Å²) in [5.74, 6) is 0.854. The summed E-state index contributed by atoms with van der Waals surface area (Å²) in [5, 5.41) is 4.97. The van der Waals surface area contributed by atoms with Crippen molar-refractivity contribution in [3.63, 3.8) is 0 Å². The molecule has 3 rings (SSSR count). The highest BCUT2D eigenvalue weighted by Gasteiger charge is 2.22. The molecule has 0 aliphatic rings. The highest BCUT2D eigenvalue weighted by molar-refractivity contribution is 6.29. The summed E-state index contributed by atoms with van der Waals surface area (Å²) in [7, 11) is 0. The molecule has 0 amide bonds. The van der Waals surface area contributed by atoms with Gasteiger partial charge in [0.05, 0.1) is 12.3 Å². The van der Waals surface area contributed by atoms with Crippen molar-refractivity contribution in [2.24, 2.45) is 0 Å². The number of halogens is 1. The van der Waals surface area contributed by atoms with Gasteiger partial charge in [-0.05, 0) is 55.8 Å². The third kappa shape index (κ3) is 2.85. The smallest absolute Gasteiger partial charge is 0.198 e. The molecule has 1 N–H and O–H groups in total. The van der Waals surface area contributed by atoms with Gasteiger partial charge in [-0.2, -0.15) is 0 Å². The molecule has 1 aromatic carbocycles. The summed E-state index contributed by atoms with van der Waals surface area (Å²) in [4.78, 5) is 0. The van der Waals surface area contributed by atoms with Gasteiger partial charge >= 0.3 is 0 Å². The molecule has 1 unspecified atom stereocenters. The van der Waals surface area contributed by atoms with E-state index in [1.165, 1.54) is 5.56 Å². The first kappa shape index (κ1) is 14.2. The minimum atomic E-state index is -0.0936. The van der Waals surface area contributed by atoms with Crippen LogP contribution in [0.1, 0.15) is 36.3 Å². The zero-order valence-corrected chi connectivity index (χ0v) is 12.9. The second-order valence-corrected chi connectivity index (χ2v) is 5.57. The Morgan fingerprint density at radius 1 is 1.24 bits per heavy atom. The zero-order valence-electron chi connectivity index (χ0n) is 12.2. The van der Waals surface area contributed by atoms with Gasteiger partial charge < -0.3 is 14.2 Å². The monoisotopic (exact) mass is 303 g/mol. The van der Waals surface area contributed by atoms with Gasteiger partial charge in [-0.3, -0.25) is 0 Å². The molecule has 0 radical (unpaired) electrons. The van der Waals surface area contributed by atoms with Gasteiger partial charge in [0.1, 0.15) is 11.3 Å². The predicted molar refractivity (Wildman–Crippen MR) is 84.8 cm³/mol. The molecule has 3 aromatic rings. The van der Waals surface area contributed by atoms with Gasteiger partial charge in [-0.15, -0.1) is 0 Å². The van der Waals surface area contributed by atoms with Crippen molar-refractivity contribution < 1.29 is 8.83 Å². The van der Waals surface area contributed by atoms with Gasteiger partial charge in [0.2, 0.25) is 0 Å². The molecule has 110 valence electrons. The average Bonchev–Trinajstić information content (AvgIpc) is 3.06. The first-order chi connectivity index (χ1) is 10.2. The van der Waals surface area contributed by atoms with Crippen LogP contribution in [-0.4, -0.2) is 6.54 Å². The van der Waals surface area contributed by atoms with Crippen LogP contribution in [0.2, 0.25) is 5.22 Å². The minimum absolute atomic E-state index is 0.0936. The van der Waals surface area contributed by atoms with E-state index in [0.717, 1.165) is 35.3 Å². The number of hydrogen-bond donors (Lipinski definition) is 1. The van der Waals surface area contributed by atoms with Crippen molar-refractivity contribution >= 4 is 22.6 Å².